The lowest BCUT2D eigenvalue weighted by atomic mass is 10.1. The number of nitrogens with one attached hydrogen (secondary N) is 1. The van der Waals surface area contributed by atoms with Crippen molar-refractivity contribution in [1.82, 2.24) is 9.97 Å². The first-order valence-corrected chi connectivity index (χ1v) is 7.17. The highest BCUT2D eigenvalue weighted by Crippen LogP contribution is 2.30. The number of hydrogen-bond donors (Lipinski definition) is 1. The molecule has 96 valence electrons. The van der Waals surface area contributed by atoms with Gasteiger partial charge < -0.3 is 5.32 Å². The van der Waals surface area contributed by atoms with Crippen molar-refractivity contribution in [1.29, 1.82) is 0 Å². The maximum absolute atomic E-state index is 4.60. The molecule has 0 saturated heterocycles. The van der Waals surface area contributed by atoms with Gasteiger partial charge in [0.15, 0.2) is 5.13 Å². The van der Waals surface area contributed by atoms with Crippen LogP contribution >= 0.6 is 11.3 Å². The fourth-order valence-corrected chi connectivity index (χ4v) is 3.14. The predicted octanol–water partition coefficient (Wildman–Crippen LogP) is 4.59. The highest BCUT2D eigenvalue weighted by atomic mass is 32.1. The van der Waals surface area contributed by atoms with E-state index in [1.165, 1.54) is 10.1 Å². The van der Waals surface area contributed by atoms with Crippen LogP contribution in [-0.4, -0.2) is 9.97 Å². The van der Waals surface area contributed by atoms with Gasteiger partial charge in [-0.3, -0.25) is 4.98 Å². The van der Waals surface area contributed by atoms with E-state index in [1.54, 1.807) is 11.3 Å². The summed E-state index contributed by atoms with van der Waals surface area (Å²) >= 11 is 1.66. The second kappa shape index (κ2) is 4.58. The molecular formula is C16H11N3S. The van der Waals surface area contributed by atoms with Crippen molar-refractivity contribution in [3.63, 3.8) is 0 Å². The summed E-state index contributed by atoms with van der Waals surface area (Å²) in [6.07, 6.45) is 3.69. The predicted molar refractivity (Wildman–Crippen MR) is 84.6 cm³/mol. The van der Waals surface area contributed by atoms with Gasteiger partial charge in [0.2, 0.25) is 0 Å². The SMILES string of the molecule is c1cc(Nc2nc3ccccc3s2)c2cnccc2c1. The standard InChI is InChI=1S/C16H11N3S/c1-2-7-15-14(5-1)19-16(20-15)18-13-6-3-4-11-8-9-17-10-12(11)13/h1-10H,(H,18,19). The summed E-state index contributed by atoms with van der Waals surface area (Å²) in [5, 5.41) is 6.59. The average Bonchev–Trinajstić information content (AvgIpc) is 2.90. The van der Waals surface area contributed by atoms with Crippen LogP contribution in [0.25, 0.3) is 21.0 Å². The van der Waals surface area contributed by atoms with Gasteiger partial charge >= 0.3 is 0 Å². The Labute approximate surface area is 119 Å². The van der Waals surface area contributed by atoms with Gasteiger partial charge in [-0.15, -0.1) is 0 Å². The minimum Gasteiger partial charge on any atom is -0.331 e. The monoisotopic (exact) mass is 277 g/mol. The van der Waals surface area contributed by atoms with Crippen molar-refractivity contribution < 1.29 is 0 Å². The van der Waals surface area contributed by atoms with Gasteiger partial charge in [0, 0.05) is 23.5 Å². The molecule has 0 fully saturated rings. The summed E-state index contributed by atoms with van der Waals surface area (Å²) in [6.45, 7) is 0. The molecule has 4 aromatic rings. The van der Waals surface area contributed by atoms with Crippen molar-refractivity contribution in [2.24, 2.45) is 0 Å². The molecule has 20 heavy (non-hydrogen) atoms. The molecule has 4 heteroatoms. The van der Waals surface area contributed by atoms with Gasteiger partial charge in [0.05, 0.1) is 10.2 Å². The Morgan fingerprint density at radius 1 is 0.950 bits per heavy atom. The van der Waals surface area contributed by atoms with Crippen molar-refractivity contribution in [2.75, 3.05) is 5.32 Å². The summed E-state index contributed by atoms with van der Waals surface area (Å²) in [5.41, 5.74) is 2.06. The van der Waals surface area contributed by atoms with Gasteiger partial charge in [0.25, 0.3) is 0 Å². The van der Waals surface area contributed by atoms with Gasteiger partial charge in [-0.05, 0) is 29.7 Å². The van der Waals surface area contributed by atoms with E-state index in [2.05, 4.69) is 33.5 Å². The molecule has 0 unspecified atom stereocenters. The van der Waals surface area contributed by atoms with Crippen LogP contribution in [0, 0.1) is 0 Å². The molecule has 0 bridgehead atoms. The van der Waals surface area contributed by atoms with Crippen LogP contribution in [0.5, 0.6) is 0 Å². The number of fused-ring (bicyclic) bond motifs is 2. The summed E-state index contributed by atoms with van der Waals surface area (Å²) in [5.74, 6) is 0. The Morgan fingerprint density at radius 2 is 1.90 bits per heavy atom. The molecule has 4 rings (SSSR count). The van der Waals surface area contributed by atoms with Gasteiger partial charge in [-0.25, -0.2) is 4.98 Å². The van der Waals surface area contributed by atoms with E-state index >= 15 is 0 Å². The number of hydrogen-bond acceptors (Lipinski definition) is 4. The lowest BCUT2D eigenvalue weighted by molar-refractivity contribution is 1.36. The minimum absolute atomic E-state index is 0.905. The first-order valence-electron chi connectivity index (χ1n) is 6.35. The van der Waals surface area contributed by atoms with Crippen molar-refractivity contribution in [3.8, 4) is 0 Å². The number of rotatable bonds is 2. The quantitative estimate of drug-likeness (QED) is 0.582. The summed E-state index contributed by atoms with van der Waals surface area (Å²) in [7, 11) is 0. The fraction of sp³-hybridized carbons (Fsp3) is 0. The number of aromatic nitrogens is 2. The lowest BCUT2D eigenvalue weighted by Crippen LogP contribution is -1.90. The van der Waals surface area contributed by atoms with E-state index in [9.17, 15) is 0 Å². The molecular weight excluding hydrogens is 266 g/mol. The molecule has 2 heterocycles. The third-order valence-corrected chi connectivity index (χ3v) is 4.17. The van der Waals surface area contributed by atoms with Crippen LogP contribution in [-0.2, 0) is 0 Å². The zero-order valence-corrected chi connectivity index (χ0v) is 11.4. The third kappa shape index (κ3) is 1.90. The molecule has 0 amide bonds. The first kappa shape index (κ1) is 11.4. The van der Waals surface area contributed by atoms with Crippen LogP contribution in [0.1, 0.15) is 0 Å². The highest BCUT2D eigenvalue weighted by Gasteiger charge is 2.05. The fourth-order valence-electron chi connectivity index (χ4n) is 2.26. The smallest absolute Gasteiger partial charge is 0.188 e. The average molecular weight is 277 g/mol. The van der Waals surface area contributed by atoms with Gasteiger partial charge in [-0.1, -0.05) is 35.6 Å². The Hall–Kier alpha value is -2.46. The van der Waals surface area contributed by atoms with Crippen LogP contribution in [0.4, 0.5) is 10.8 Å². The zero-order valence-electron chi connectivity index (χ0n) is 10.6. The van der Waals surface area contributed by atoms with Gasteiger partial charge in [-0.2, -0.15) is 0 Å². The molecule has 0 aliphatic carbocycles. The highest BCUT2D eigenvalue weighted by molar-refractivity contribution is 7.22. The lowest BCUT2D eigenvalue weighted by Gasteiger charge is -2.06. The largest absolute Gasteiger partial charge is 0.331 e. The second-order valence-corrected chi connectivity index (χ2v) is 5.54. The number of nitrogens with zero attached hydrogens (tertiary/aromatic N) is 2. The Balaban J connectivity index is 1.80. The van der Waals surface area contributed by atoms with E-state index in [-0.39, 0.29) is 0 Å². The molecule has 0 atom stereocenters. The molecule has 0 saturated carbocycles. The minimum atomic E-state index is 0.905. The van der Waals surface area contributed by atoms with E-state index in [0.717, 1.165) is 21.7 Å². The van der Waals surface area contributed by atoms with Crippen molar-refractivity contribution >= 4 is 43.1 Å². The van der Waals surface area contributed by atoms with Crippen molar-refractivity contribution in [2.45, 2.75) is 0 Å². The molecule has 0 radical (unpaired) electrons. The van der Waals surface area contributed by atoms with Crippen LogP contribution in [0.3, 0.4) is 0 Å². The molecule has 2 aromatic carbocycles. The summed E-state index contributed by atoms with van der Waals surface area (Å²) in [6, 6.07) is 16.3. The Bertz CT molecular complexity index is 860. The second-order valence-electron chi connectivity index (χ2n) is 4.51. The Morgan fingerprint density at radius 3 is 2.85 bits per heavy atom. The zero-order chi connectivity index (χ0) is 13.4. The Kier molecular flexibility index (Phi) is 2.60. The molecule has 0 aliphatic rings. The van der Waals surface area contributed by atoms with E-state index in [1.807, 2.05) is 42.7 Å². The van der Waals surface area contributed by atoms with Gasteiger partial charge in [0.1, 0.15) is 0 Å². The normalized spacial score (nSPS) is 11.0. The third-order valence-electron chi connectivity index (χ3n) is 3.22. The van der Waals surface area contributed by atoms with Crippen LogP contribution in [0.2, 0.25) is 0 Å². The molecule has 3 nitrogen and oxygen atoms in total. The maximum Gasteiger partial charge on any atom is 0.188 e. The summed E-state index contributed by atoms with van der Waals surface area (Å²) in [4.78, 5) is 8.80. The van der Waals surface area contributed by atoms with Crippen molar-refractivity contribution in [3.05, 3.63) is 60.9 Å². The number of benzene rings is 2. The van der Waals surface area contributed by atoms with Crippen LogP contribution < -0.4 is 5.32 Å². The molecule has 1 N–H and O–H groups in total. The topological polar surface area (TPSA) is 37.8 Å². The number of anilines is 2. The maximum atomic E-state index is 4.60. The molecule has 2 aromatic heterocycles. The number of pyridine rings is 1. The molecule has 0 aliphatic heterocycles. The number of para-hydroxylation sites is 1. The molecule has 0 spiro atoms. The van der Waals surface area contributed by atoms with E-state index in [4.69, 9.17) is 0 Å². The van der Waals surface area contributed by atoms with E-state index in [0.29, 0.717) is 0 Å². The van der Waals surface area contributed by atoms with E-state index < -0.39 is 0 Å². The summed E-state index contributed by atoms with van der Waals surface area (Å²) < 4.78 is 1.19. The first-order chi connectivity index (χ1) is 9.90. The number of thiazole rings is 1. The van der Waals surface area contributed by atoms with Crippen LogP contribution in [0.15, 0.2) is 60.9 Å².